The van der Waals surface area contributed by atoms with Crippen LogP contribution >= 0.6 is 0 Å². The zero-order valence-corrected chi connectivity index (χ0v) is 20.2. The molecule has 8 heteroatoms. The largest absolute Gasteiger partial charge is 0.338 e. The van der Waals surface area contributed by atoms with Gasteiger partial charge in [-0.3, -0.25) is 0 Å². The number of aromatic amines is 1. The van der Waals surface area contributed by atoms with Crippen LogP contribution in [-0.4, -0.2) is 35.2 Å². The standard InChI is InChI=1S/C30H22N8/c1-3-9-20(10-4-1)28-23-13-7-8-14-24(23)30(36-35-28)33-22-15-16-27-25(17-22)31-19-38(27)29(26-18-32-37-34-26)21-11-5-2-6-12-21/h1-19,29H,(H,33,36)(H,32,34,37). The van der Waals surface area contributed by atoms with Crippen molar-refractivity contribution in [3.63, 3.8) is 0 Å². The molecule has 0 saturated heterocycles. The molecule has 0 spiro atoms. The number of fused-ring (bicyclic) bond motifs is 2. The number of nitrogens with zero attached hydrogens (tertiary/aromatic N) is 6. The Labute approximate surface area is 218 Å². The van der Waals surface area contributed by atoms with E-state index in [9.17, 15) is 0 Å². The number of nitrogens with one attached hydrogen (secondary N) is 2. The van der Waals surface area contributed by atoms with Gasteiger partial charge in [0.05, 0.1) is 23.6 Å². The molecule has 0 fully saturated rings. The van der Waals surface area contributed by atoms with E-state index in [1.165, 1.54) is 0 Å². The van der Waals surface area contributed by atoms with Crippen LogP contribution < -0.4 is 5.32 Å². The SMILES string of the molecule is c1ccc(-c2nnc(Nc3ccc4c(c3)ncn4C(c3ccccc3)c3cn[nH]n3)c3ccccc23)cc1. The van der Waals surface area contributed by atoms with Gasteiger partial charge in [-0.2, -0.15) is 15.4 Å². The van der Waals surface area contributed by atoms with Gasteiger partial charge in [-0.05, 0) is 23.8 Å². The smallest absolute Gasteiger partial charge is 0.161 e. The first kappa shape index (κ1) is 21.9. The van der Waals surface area contributed by atoms with Crippen LogP contribution in [0.25, 0.3) is 33.1 Å². The summed E-state index contributed by atoms with van der Waals surface area (Å²) in [4.78, 5) is 4.72. The predicted molar refractivity (Wildman–Crippen MR) is 148 cm³/mol. The molecule has 0 aliphatic carbocycles. The van der Waals surface area contributed by atoms with E-state index in [-0.39, 0.29) is 6.04 Å². The van der Waals surface area contributed by atoms with Crippen LogP contribution in [0.5, 0.6) is 0 Å². The Morgan fingerprint density at radius 3 is 2.32 bits per heavy atom. The maximum absolute atomic E-state index is 4.72. The molecule has 2 N–H and O–H groups in total. The number of hydrogen-bond donors (Lipinski definition) is 2. The molecule has 0 bridgehead atoms. The van der Waals surface area contributed by atoms with Gasteiger partial charge >= 0.3 is 0 Å². The molecule has 7 aromatic rings. The number of imidazole rings is 1. The van der Waals surface area contributed by atoms with Gasteiger partial charge in [-0.1, -0.05) is 84.9 Å². The zero-order valence-electron chi connectivity index (χ0n) is 20.2. The van der Waals surface area contributed by atoms with E-state index in [0.717, 1.165) is 50.0 Å². The third-order valence-electron chi connectivity index (χ3n) is 6.68. The van der Waals surface area contributed by atoms with Gasteiger partial charge in [-0.25, -0.2) is 4.98 Å². The quantitative estimate of drug-likeness (QED) is 0.288. The minimum Gasteiger partial charge on any atom is -0.338 e. The first-order valence-corrected chi connectivity index (χ1v) is 12.3. The van der Waals surface area contributed by atoms with Gasteiger partial charge in [0.2, 0.25) is 0 Å². The molecule has 0 radical (unpaired) electrons. The number of H-pyrrole nitrogens is 1. The lowest BCUT2D eigenvalue weighted by Gasteiger charge is -2.18. The van der Waals surface area contributed by atoms with E-state index in [2.05, 4.69) is 78.0 Å². The Morgan fingerprint density at radius 1 is 0.763 bits per heavy atom. The third-order valence-corrected chi connectivity index (χ3v) is 6.68. The molecule has 3 heterocycles. The first-order chi connectivity index (χ1) is 18.8. The molecule has 0 amide bonds. The molecular formula is C30H22N8. The van der Waals surface area contributed by atoms with Gasteiger partial charge in [0, 0.05) is 22.0 Å². The second-order valence-corrected chi connectivity index (χ2v) is 9.00. The summed E-state index contributed by atoms with van der Waals surface area (Å²) in [5.41, 5.74) is 6.55. The van der Waals surface area contributed by atoms with Crippen LogP contribution in [0.4, 0.5) is 11.5 Å². The van der Waals surface area contributed by atoms with Gasteiger partial charge < -0.3 is 9.88 Å². The molecule has 182 valence electrons. The van der Waals surface area contributed by atoms with Crippen LogP contribution in [0.1, 0.15) is 17.3 Å². The van der Waals surface area contributed by atoms with Crippen molar-refractivity contribution in [1.29, 1.82) is 0 Å². The fraction of sp³-hybridized carbons (Fsp3) is 0.0333. The van der Waals surface area contributed by atoms with E-state index >= 15 is 0 Å². The predicted octanol–water partition coefficient (Wildman–Crippen LogP) is 6.15. The van der Waals surface area contributed by atoms with Gasteiger partial charge in [0.1, 0.15) is 17.4 Å². The Morgan fingerprint density at radius 2 is 1.53 bits per heavy atom. The van der Waals surface area contributed by atoms with E-state index in [4.69, 9.17) is 4.98 Å². The fourth-order valence-electron chi connectivity index (χ4n) is 4.91. The Balaban J connectivity index is 1.27. The highest BCUT2D eigenvalue weighted by molar-refractivity contribution is 6.01. The van der Waals surface area contributed by atoms with Crippen molar-refractivity contribution in [2.75, 3.05) is 5.32 Å². The number of aromatic nitrogens is 7. The van der Waals surface area contributed by atoms with Gasteiger partial charge in [-0.15, -0.1) is 10.2 Å². The van der Waals surface area contributed by atoms with Crippen molar-refractivity contribution in [3.05, 3.63) is 127 Å². The molecule has 7 rings (SSSR count). The minimum absolute atomic E-state index is 0.154. The molecule has 38 heavy (non-hydrogen) atoms. The number of rotatable bonds is 6. The van der Waals surface area contributed by atoms with Crippen molar-refractivity contribution >= 4 is 33.3 Å². The molecule has 0 aliphatic rings. The second kappa shape index (κ2) is 9.25. The second-order valence-electron chi connectivity index (χ2n) is 9.00. The summed E-state index contributed by atoms with van der Waals surface area (Å²) < 4.78 is 2.12. The summed E-state index contributed by atoms with van der Waals surface area (Å²) in [7, 11) is 0. The topological polar surface area (TPSA) is 97.2 Å². The number of benzene rings is 4. The summed E-state index contributed by atoms with van der Waals surface area (Å²) in [5, 5.41) is 25.8. The van der Waals surface area contributed by atoms with Crippen molar-refractivity contribution < 1.29 is 0 Å². The molecule has 1 unspecified atom stereocenters. The van der Waals surface area contributed by atoms with Crippen LogP contribution in [0.3, 0.4) is 0 Å². The van der Waals surface area contributed by atoms with Crippen molar-refractivity contribution in [3.8, 4) is 11.3 Å². The zero-order chi connectivity index (χ0) is 25.3. The van der Waals surface area contributed by atoms with Crippen LogP contribution in [-0.2, 0) is 0 Å². The Hall–Kier alpha value is -5.37. The summed E-state index contributed by atoms with van der Waals surface area (Å²) in [6.45, 7) is 0. The summed E-state index contributed by atoms with van der Waals surface area (Å²) in [5.74, 6) is 0.698. The maximum Gasteiger partial charge on any atom is 0.161 e. The highest BCUT2D eigenvalue weighted by Gasteiger charge is 2.21. The molecule has 3 aromatic heterocycles. The summed E-state index contributed by atoms with van der Waals surface area (Å²) in [6.07, 6.45) is 3.60. The average molecular weight is 495 g/mol. The van der Waals surface area contributed by atoms with E-state index in [1.54, 1.807) is 6.20 Å². The lowest BCUT2D eigenvalue weighted by Crippen LogP contribution is -2.12. The van der Waals surface area contributed by atoms with Crippen molar-refractivity contribution in [2.45, 2.75) is 6.04 Å². The lowest BCUT2D eigenvalue weighted by molar-refractivity contribution is 0.672. The van der Waals surface area contributed by atoms with Crippen LogP contribution in [0.2, 0.25) is 0 Å². The summed E-state index contributed by atoms with van der Waals surface area (Å²) >= 11 is 0. The molecule has 8 nitrogen and oxygen atoms in total. The first-order valence-electron chi connectivity index (χ1n) is 12.3. The Bertz CT molecular complexity index is 1840. The van der Waals surface area contributed by atoms with E-state index in [1.807, 2.05) is 67.0 Å². The van der Waals surface area contributed by atoms with Gasteiger partial charge in [0.15, 0.2) is 5.82 Å². The summed E-state index contributed by atoms with van der Waals surface area (Å²) in [6, 6.07) is 34.5. The number of anilines is 2. The van der Waals surface area contributed by atoms with Crippen molar-refractivity contribution in [2.24, 2.45) is 0 Å². The molecule has 4 aromatic carbocycles. The molecule has 0 saturated carbocycles. The normalized spacial score (nSPS) is 12.1. The van der Waals surface area contributed by atoms with E-state index < -0.39 is 0 Å². The van der Waals surface area contributed by atoms with Crippen LogP contribution in [0, 0.1) is 0 Å². The lowest BCUT2D eigenvalue weighted by atomic mass is 10.0. The monoisotopic (exact) mass is 494 g/mol. The van der Waals surface area contributed by atoms with Crippen LogP contribution in [0.15, 0.2) is 116 Å². The highest BCUT2D eigenvalue weighted by Crippen LogP contribution is 2.33. The molecule has 0 aliphatic heterocycles. The fourth-order valence-corrected chi connectivity index (χ4v) is 4.91. The van der Waals surface area contributed by atoms with E-state index in [0.29, 0.717) is 5.82 Å². The minimum atomic E-state index is -0.154. The Kier molecular flexibility index (Phi) is 5.33. The van der Waals surface area contributed by atoms with Crippen molar-refractivity contribution in [1.82, 2.24) is 35.2 Å². The molecular weight excluding hydrogens is 472 g/mol. The highest BCUT2D eigenvalue weighted by atomic mass is 15.3. The molecule has 1 atom stereocenters. The average Bonchev–Trinajstić information content (AvgIpc) is 3.66. The maximum atomic E-state index is 4.72. The number of hydrogen-bond acceptors (Lipinski definition) is 6. The third kappa shape index (κ3) is 3.84. The van der Waals surface area contributed by atoms with Gasteiger partial charge in [0.25, 0.3) is 0 Å².